The Morgan fingerprint density at radius 3 is 2.50 bits per heavy atom. The second-order valence-corrected chi connectivity index (χ2v) is 7.23. The minimum Gasteiger partial charge on any atom is -0.357 e. The predicted molar refractivity (Wildman–Crippen MR) is 96.9 cm³/mol. The van der Waals surface area contributed by atoms with Gasteiger partial charge in [0.2, 0.25) is 17.7 Å². The summed E-state index contributed by atoms with van der Waals surface area (Å²) in [5, 5.41) is 3.96. The first kappa shape index (κ1) is 16.8. The standard InChI is InChI=1S/C20H23N3O3/c24-18(21-12-14-11-13-5-1-4-8-17(13)22-14)9-10-23-19(25)15-6-2-3-7-16(15)20(23)26/h1,4-5,8,11,15-16,22H,2-3,6-7,9-10,12H2,(H,21,24). The number of benzene rings is 1. The molecule has 6 nitrogen and oxygen atoms in total. The van der Waals surface area contributed by atoms with E-state index < -0.39 is 0 Å². The Kier molecular flexibility index (Phi) is 4.49. The van der Waals surface area contributed by atoms with Gasteiger partial charge in [0.1, 0.15) is 0 Å². The van der Waals surface area contributed by atoms with Crippen LogP contribution in [0.3, 0.4) is 0 Å². The Balaban J connectivity index is 1.30. The van der Waals surface area contributed by atoms with Crippen molar-refractivity contribution in [2.75, 3.05) is 6.54 Å². The van der Waals surface area contributed by atoms with Crippen LogP contribution in [-0.4, -0.2) is 34.2 Å². The highest BCUT2D eigenvalue weighted by atomic mass is 16.2. The zero-order valence-electron chi connectivity index (χ0n) is 14.7. The quantitative estimate of drug-likeness (QED) is 0.810. The average Bonchev–Trinajstić information content (AvgIpc) is 3.18. The van der Waals surface area contributed by atoms with Crippen LogP contribution < -0.4 is 5.32 Å². The summed E-state index contributed by atoms with van der Waals surface area (Å²) in [5.41, 5.74) is 1.96. The smallest absolute Gasteiger partial charge is 0.233 e. The van der Waals surface area contributed by atoms with Crippen LogP contribution in [0.15, 0.2) is 30.3 Å². The number of carbonyl (C=O) groups is 3. The molecular formula is C20H23N3O3. The Labute approximate surface area is 151 Å². The van der Waals surface area contributed by atoms with Crippen molar-refractivity contribution in [3.8, 4) is 0 Å². The number of hydrogen-bond acceptors (Lipinski definition) is 3. The number of nitrogens with one attached hydrogen (secondary N) is 2. The van der Waals surface area contributed by atoms with Crippen molar-refractivity contribution in [3.63, 3.8) is 0 Å². The highest BCUT2D eigenvalue weighted by molar-refractivity contribution is 6.05. The van der Waals surface area contributed by atoms with Gasteiger partial charge in [-0.3, -0.25) is 19.3 Å². The highest BCUT2D eigenvalue weighted by Crippen LogP contribution is 2.37. The lowest BCUT2D eigenvalue weighted by Crippen LogP contribution is -2.35. The molecule has 1 aromatic heterocycles. The molecule has 0 radical (unpaired) electrons. The van der Waals surface area contributed by atoms with Crippen molar-refractivity contribution in [2.24, 2.45) is 11.8 Å². The number of fused-ring (bicyclic) bond motifs is 2. The number of likely N-dealkylation sites (tertiary alicyclic amines) is 1. The Morgan fingerprint density at radius 1 is 1.12 bits per heavy atom. The van der Waals surface area contributed by atoms with Crippen LogP contribution in [0, 0.1) is 11.8 Å². The van der Waals surface area contributed by atoms with E-state index in [0.717, 1.165) is 42.3 Å². The number of hydrogen-bond donors (Lipinski definition) is 2. The number of amides is 3. The van der Waals surface area contributed by atoms with Gasteiger partial charge < -0.3 is 10.3 Å². The third-order valence-corrected chi connectivity index (χ3v) is 5.56. The molecular weight excluding hydrogens is 330 g/mol. The van der Waals surface area contributed by atoms with Crippen LogP contribution in [0.1, 0.15) is 37.8 Å². The van der Waals surface area contributed by atoms with Gasteiger partial charge in [0, 0.05) is 24.2 Å². The fourth-order valence-corrected chi connectivity index (χ4v) is 4.18. The van der Waals surface area contributed by atoms with E-state index in [0.29, 0.717) is 6.54 Å². The molecule has 1 aromatic carbocycles. The van der Waals surface area contributed by atoms with Crippen molar-refractivity contribution < 1.29 is 14.4 Å². The number of nitrogens with zero attached hydrogens (tertiary/aromatic N) is 1. The Hall–Kier alpha value is -2.63. The van der Waals surface area contributed by atoms with E-state index in [9.17, 15) is 14.4 Å². The minimum absolute atomic E-state index is 0.0804. The molecule has 2 fully saturated rings. The van der Waals surface area contributed by atoms with Gasteiger partial charge in [-0.2, -0.15) is 0 Å². The first-order valence-corrected chi connectivity index (χ1v) is 9.32. The molecule has 2 atom stereocenters. The van der Waals surface area contributed by atoms with Crippen LogP contribution in [0.2, 0.25) is 0 Å². The largest absolute Gasteiger partial charge is 0.357 e. The van der Waals surface area contributed by atoms with E-state index in [1.165, 1.54) is 4.90 Å². The second-order valence-electron chi connectivity index (χ2n) is 7.23. The highest BCUT2D eigenvalue weighted by Gasteiger charge is 2.47. The summed E-state index contributed by atoms with van der Waals surface area (Å²) < 4.78 is 0. The van der Waals surface area contributed by atoms with Gasteiger partial charge in [-0.05, 0) is 30.4 Å². The Bertz CT molecular complexity index is 800. The summed E-state index contributed by atoms with van der Waals surface area (Å²) in [4.78, 5) is 41.5. The molecule has 2 N–H and O–H groups in total. The number of rotatable bonds is 5. The Morgan fingerprint density at radius 2 is 1.81 bits per heavy atom. The third kappa shape index (κ3) is 3.11. The van der Waals surface area contributed by atoms with E-state index in [4.69, 9.17) is 0 Å². The van der Waals surface area contributed by atoms with Gasteiger partial charge >= 0.3 is 0 Å². The van der Waals surface area contributed by atoms with Gasteiger partial charge in [-0.25, -0.2) is 0 Å². The summed E-state index contributed by atoms with van der Waals surface area (Å²) in [6, 6.07) is 9.95. The zero-order chi connectivity index (χ0) is 18.1. The number of H-pyrrole nitrogens is 1. The van der Waals surface area contributed by atoms with Crippen LogP contribution in [0.4, 0.5) is 0 Å². The van der Waals surface area contributed by atoms with Crippen molar-refractivity contribution in [1.29, 1.82) is 0 Å². The lowest BCUT2D eigenvalue weighted by atomic mass is 9.81. The maximum absolute atomic E-state index is 12.4. The van der Waals surface area contributed by atoms with Gasteiger partial charge in [0.15, 0.2) is 0 Å². The monoisotopic (exact) mass is 353 g/mol. The van der Waals surface area contributed by atoms with Crippen molar-refractivity contribution >= 4 is 28.6 Å². The minimum atomic E-state index is -0.154. The summed E-state index contributed by atoms with van der Waals surface area (Å²) in [5.74, 6) is -0.610. The fraction of sp³-hybridized carbons (Fsp3) is 0.450. The molecule has 1 aliphatic heterocycles. The molecule has 6 heteroatoms. The van der Waals surface area contributed by atoms with Crippen LogP contribution in [0.5, 0.6) is 0 Å². The van der Waals surface area contributed by atoms with Gasteiger partial charge in [0.05, 0.1) is 18.4 Å². The van der Waals surface area contributed by atoms with E-state index >= 15 is 0 Å². The first-order chi connectivity index (χ1) is 12.6. The lowest BCUT2D eigenvalue weighted by molar-refractivity contribution is -0.140. The summed E-state index contributed by atoms with van der Waals surface area (Å²) in [6.45, 7) is 0.587. The molecule has 1 saturated carbocycles. The summed E-state index contributed by atoms with van der Waals surface area (Å²) >= 11 is 0. The number of carbonyl (C=O) groups excluding carboxylic acids is 3. The normalized spacial score (nSPS) is 22.7. The van der Waals surface area contributed by atoms with Crippen molar-refractivity contribution in [3.05, 3.63) is 36.0 Å². The molecule has 3 amide bonds. The van der Waals surface area contributed by atoms with Crippen molar-refractivity contribution in [1.82, 2.24) is 15.2 Å². The summed E-state index contributed by atoms with van der Waals surface area (Å²) in [6.07, 6.45) is 3.78. The van der Waals surface area contributed by atoms with E-state index in [2.05, 4.69) is 10.3 Å². The molecule has 0 bridgehead atoms. The number of para-hydroxylation sites is 1. The molecule has 26 heavy (non-hydrogen) atoms. The third-order valence-electron chi connectivity index (χ3n) is 5.56. The molecule has 2 aliphatic rings. The topological polar surface area (TPSA) is 82.3 Å². The molecule has 4 rings (SSSR count). The van der Waals surface area contributed by atoms with Gasteiger partial charge in [-0.1, -0.05) is 31.0 Å². The molecule has 1 aliphatic carbocycles. The average molecular weight is 353 g/mol. The van der Waals surface area contributed by atoms with Crippen LogP contribution in [0.25, 0.3) is 10.9 Å². The molecule has 2 unspecified atom stereocenters. The summed E-state index contributed by atoms with van der Waals surface area (Å²) in [7, 11) is 0. The maximum atomic E-state index is 12.4. The fourth-order valence-electron chi connectivity index (χ4n) is 4.18. The number of imide groups is 1. The SMILES string of the molecule is O=C(CCN1C(=O)C2CCCCC2C1=O)NCc1cc2ccccc2[nH]1. The second kappa shape index (κ2) is 6.94. The number of aromatic nitrogens is 1. The molecule has 2 heterocycles. The maximum Gasteiger partial charge on any atom is 0.233 e. The van der Waals surface area contributed by atoms with E-state index in [1.807, 2.05) is 30.3 Å². The van der Waals surface area contributed by atoms with E-state index in [1.54, 1.807) is 0 Å². The predicted octanol–water partition coefficient (Wildman–Crippen LogP) is 2.35. The van der Waals surface area contributed by atoms with Crippen LogP contribution in [-0.2, 0) is 20.9 Å². The molecule has 0 spiro atoms. The first-order valence-electron chi connectivity index (χ1n) is 9.32. The molecule has 2 aromatic rings. The number of aromatic amines is 1. The van der Waals surface area contributed by atoms with Gasteiger partial charge in [-0.15, -0.1) is 0 Å². The van der Waals surface area contributed by atoms with Crippen LogP contribution >= 0.6 is 0 Å². The van der Waals surface area contributed by atoms with Crippen molar-refractivity contribution in [2.45, 2.75) is 38.6 Å². The van der Waals surface area contributed by atoms with Gasteiger partial charge in [0.25, 0.3) is 0 Å². The van der Waals surface area contributed by atoms with E-state index in [-0.39, 0.29) is 42.5 Å². The lowest BCUT2D eigenvalue weighted by Gasteiger charge is -2.19. The zero-order valence-corrected chi connectivity index (χ0v) is 14.7. The molecule has 136 valence electrons. The molecule has 1 saturated heterocycles.